The number of benzene rings is 1. The Morgan fingerprint density at radius 2 is 2.00 bits per heavy atom. The summed E-state index contributed by atoms with van der Waals surface area (Å²) >= 11 is 1.73. The van der Waals surface area contributed by atoms with Crippen molar-refractivity contribution >= 4 is 11.3 Å². The topological polar surface area (TPSA) is 35.2 Å². The summed E-state index contributed by atoms with van der Waals surface area (Å²) < 4.78 is 0. The van der Waals surface area contributed by atoms with Crippen molar-refractivity contribution in [1.29, 1.82) is 0 Å². The molecule has 4 nitrogen and oxygen atoms in total. The number of unbranched alkanes of at least 4 members (excludes halogenated alkanes) is 3. The van der Waals surface area contributed by atoms with Crippen LogP contribution in [0.25, 0.3) is 22.5 Å². The monoisotopic (exact) mass is 444 g/mol. The van der Waals surface area contributed by atoms with Crippen LogP contribution in [-0.4, -0.2) is 53.2 Å². The number of rotatable bonds is 6. The predicted octanol–water partition coefficient (Wildman–Crippen LogP) is 5.39. The predicted molar refractivity (Wildman–Crippen MR) is 134 cm³/mol. The van der Waals surface area contributed by atoms with E-state index in [9.17, 15) is 0 Å². The van der Waals surface area contributed by atoms with Crippen LogP contribution in [0.3, 0.4) is 0 Å². The zero-order valence-electron chi connectivity index (χ0n) is 19.2. The maximum atomic E-state index is 4.68. The molecule has 1 aliphatic carbocycles. The number of piperazine rings is 1. The molecular weight excluding hydrogens is 412 g/mol. The van der Waals surface area contributed by atoms with E-state index in [1.165, 1.54) is 52.8 Å². The first-order valence-corrected chi connectivity index (χ1v) is 12.8. The molecule has 0 spiro atoms. The molecule has 0 radical (unpaired) electrons. The van der Waals surface area contributed by atoms with Gasteiger partial charge < -0.3 is 4.90 Å². The minimum absolute atomic E-state index is 0.959. The highest BCUT2D eigenvalue weighted by Crippen LogP contribution is 2.41. The van der Waals surface area contributed by atoms with E-state index in [1.54, 1.807) is 11.3 Å². The molecule has 5 heteroatoms. The molecule has 0 amide bonds. The van der Waals surface area contributed by atoms with Crippen molar-refractivity contribution in [2.45, 2.75) is 45.6 Å². The quantitative estimate of drug-likeness (QED) is 0.320. The van der Waals surface area contributed by atoms with Gasteiger partial charge in [0.05, 0.1) is 16.3 Å². The van der Waals surface area contributed by atoms with Gasteiger partial charge in [-0.1, -0.05) is 49.8 Å². The molecule has 0 unspecified atom stereocenters. The second kappa shape index (κ2) is 9.62. The van der Waals surface area contributed by atoms with Crippen molar-refractivity contribution < 1.29 is 0 Å². The number of nitrogens with zero attached hydrogens (tertiary/aromatic N) is 3. The molecule has 1 aliphatic heterocycles. The maximum absolute atomic E-state index is 4.68. The third-order valence-corrected chi connectivity index (χ3v) is 7.51. The summed E-state index contributed by atoms with van der Waals surface area (Å²) in [5.41, 5.74) is 8.96. The first-order valence-electron chi connectivity index (χ1n) is 11.9. The van der Waals surface area contributed by atoms with Crippen LogP contribution < -0.4 is 0 Å². The highest BCUT2D eigenvalue weighted by atomic mass is 32.1. The van der Waals surface area contributed by atoms with E-state index in [0.717, 1.165) is 56.1 Å². The second-order valence-electron chi connectivity index (χ2n) is 9.13. The fourth-order valence-electron chi connectivity index (χ4n) is 4.73. The van der Waals surface area contributed by atoms with Gasteiger partial charge in [0, 0.05) is 67.6 Å². The average Bonchev–Trinajstić information content (AvgIpc) is 3.50. The fraction of sp³-hybridized carbons (Fsp3) is 0.444. The minimum atomic E-state index is 0.959. The Bertz CT molecular complexity index is 1140. The Balaban J connectivity index is 1.29. The van der Waals surface area contributed by atoms with Gasteiger partial charge in [0.1, 0.15) is 0 Å². The van der Waals surface area contributed by atoms with Crippen LogP contribution in [0.1, 0.15) is 54.2 Å². The summed E-state index contributed by atoms with van der Waals surface area (Å²) in [6.45, 7) is 7.91. The van der Waals surface area contributed by atoms with Crippen LogP contribution in [0, 0.1) is 11.8 Å². The maximum Gasteiger partial charge on any atom is 0.0971 e. The van der Waals surface area contributed by atoms with Crippen LogP contribution in [-0.2, 0) is 13.0 Å². The zero-order chi connectivity index (χ0) is 21.9. The molecule has 2 aromatic heterocycles. The lowest BCUT2D eigenvalue weighted by molar-refractivity contribution is 0.148. The molecule has 0 saturated carbocycles. The van der Waals surface area contributed by atoms with Gasteiger partial charge in [-0.2, -0.15) is 5.10 Å². The van der Waals surface area contributed by atoms with Crippen molar-refractivity contribution in [2.24, 2.45) is 0 Å². The number of hydrogen-bond donors (Lipinski definition) is 1. The number of aromatic nitrogens is 2. The third kappa shape index (κ3) is 4.54. The van der Waals surface area contributed by atoms with E-state index in [-0.39, 0.29) is 0 Å². The van der Waals surface area contributed by atoms with E-state index in [4.69, 9.17) is 0 Å². The number of nitrogens with one attached hydrogen (secondary N) is 1. The van der Waals surface area contributed by atoms with Gasteiger partial charge >= 0.3 is 0 Å². The Labute approximate surface area is 195 Å². The highest BCUT2D eigenvalue weighted by molar-refractivity contribution is 7.11. The smallest absolute Gasteiger partial charge is 0.0971 e. The lowest BCUT2D eigenvalue weighted by Crippen LogP contribution is -2.43. The molecule has 3 heterocycles. The lowest BCUT2D eigenvalue weighted by Gasteiger charge is -2.32. The van der Waals surface area contributed by atoms with Gasteiger partial charge in [0.2, 0.25) is 0 Å². The zero-order valence-corrected chi connectivity index (χ0v) is 20.0. The van der Waals surface area contributed by atoms with Gasteiger partial charge in [-0.05, 0) is 30.7 Å². The molecule has 3 aromatic rings. The number of aromatic amines is 1. The van der Waals surface area contributed by atoms with E-state index >= 15 is 0 Å². The lowest BCUT2D eigenvalue weighted by atomic mass is 10.0. The van der Waals surface area contributed by atoms with Crippen LogP contribution in [0.4, 0.5) is 0 Å². The number of fused-ring (bicyclic) bond motifs is 3. The van der Waals surface area contributed by atoms with E-state index in [2.05, 4.69) is 75.5 Å². The van der Waals surface area contributed by atoms with Crippen LogP contribution in [0.2, 0.25) is 0 Å². The SMILES string of the molecule is CCCCCC#Cc1cc(-c2n[nH]c3c2Cc2cc(CN4CCN(C)CC4)ccc2-3)cs1. The van der Waals surface area contributed by atoms with Crippen molar-refractivity contribution in [3.63, 3.8) is 0 Å². The first kappa shape index (κ1) is 21.5. The van der Waals surface area contributed by atoms with Crippen LogP contribution in [0.5, 0.6) is 0 Å². The summed E-state index contributed by atoms with van der Waals surface area (Å²) in [5.74, 6) is 6.67. The fourth-order valence-corrected chi connectivity index (χ4v) is 5.49. The Hall–Kier alpha value is -2.39. The molecule has 0 bridgehead atoms. The van der Waals surface area contributed by atoms with Crippen molar-refractivity contribution in [1.82, 2.24) is 20.0 Å². The standard InChI is InChI=1S/C27H32N4S/c1-3-4-5-6-7-8-23-16-22(19-32-23)26-25-17-21-15-20(9-10-24(21)27(25)29-28-26)18-31-13-11-30(2)12-14-31/h9-10,15-16,19H,3-6,11-14,17-18H2,1-2H3,(H,28,29). The second-order valence-corrected chi connectivity index (χ2v) is 10.0. The van der Waals surface area contributed by atoms with Gasteiger partial charge in [0.15, 0.2) is 0 Å². The summed E-state index contributed by atoms with van der Waals surface area (Å²) in [4.78, 5) is 6.12. The van der Waals surface area contributed by atoms with Crippen molar-refractivity contribution in [2.75, 3.05) is 33.2 Å². The van der Waals surface area contributed by atoms with Crippen LogP contribution in [0.15, 0.2) is 29.6 Å². The minimum Gasteiger partial charge on any atom is -0.304 e. The van der Waals surface area contributed by atoms with Gasteiger partial charge in [-0.25, -0.2) is 0 Å². The highest BCUT2D eigenvalue weighted by Gasteiger charge is 2.26. The average molecular weight is 445 g/mol. The normalized spacial score (nSPS) is 15.9. The summed E-state index contributed by atoms with van der Waals surface area (Å²) in [7, 11) is 2.21. The van der Waals surface area contributed by atoms with Gasteiger partial charge in [0.25, 0.3) is 0 Å². The molecular formula is C27H32N4S. The molecule has 166 valence electrons. The van der Waals surface area contributed by atoms with Gasteiger partial charge in [-0.3, -0.25) is 10.00 Å². The number of thiophene rings is 1. The molecule has 32 heavy (non-hydrogen) atoms. The number of likely N-dealkylation sites (N-methyl/N-ethyl adjacent to an activating group) is 1. The molecule has 1 N–H and O–H groups in total. The molecule has 2 aliphatic rings. The first-order chi connectivity index (χ1) is 15.7. The number of H-pyrrole nitrogens is 1. The van der Waals surface area contributed by atoms with Crippen LogP contribution >= 0.6 is 11.3 Å². The molecule has 1 fully saturated rings. The van der Waals surface area contributed by atoms with Crippen molar-refractivity contribution in [3.8, 4) is 34.4 Å². The van der Waals surface area contributed by atoms with Crippen molar-refractivity contribution in [3.05, 3.63) is 51.2 Å². The Morgan fingerprint density at radius 1 is 1.12 bits per heavy atom. The van der Waals surface area contributed by atoms with Gasteiger partial charge in [-0.15, -0.1) is 11.3 Å². The third-order valence-electron chi connectivity index (χ3n) is 6.67. The van der Waals surface area contributed by atoms with E-state index < -0.39 is 0 Å². The Morgan fingerprint density at radius 3 is 2.84 bits per heavy atom. The summed E-state index contributed by atoms with van der Waals surface area (Å²) in [6, 6.07) is 9.20. The molecule has 1 aromatic carbocycles. The van der Waals surface area contributed by atoms with E-state index in [0.29, 0.717) is 0 Å². The number of hydrogen-bond acceptors (Lipinski definition) is 4. The van der Waals surface area contributed by atoms with E-state index in [1.807, 2.05) is 0 Å². The summed E-state index contributed by atoms with van der Waals surface area (Å²) in [6.07, 6.45) is 5.66. The molecule has 0 atom stereocenters. The largest absolute Gasteiger partial charge is 0.304 e. The Kier molecular flexibility index (Phi) is 6.45. The summed E-state index contributed by atoms with van der Waals surface area (Å²) in [5, 5.41) is 10.2. The molecule has 5 rings (SSSR count). The molecule has 1 saturated heterocycles.